The molecule has 0 N–H and O–H groups in total. The van der Waals surface area contributed by atoms with Crippen molar-refractivity contribution in [2.24, 2.45) is 7.05 Å². The van der Waals surface area contributed by atoms with Gasteiger partial charge in [0.25, 0.3) is 0 Å². The van der Waals surface area contributed by atoms with Gasteiger partial charge >= 0.3 is 6.36 Å². The Hall–Kier alpha value is -1.90. The second-order valence-electron chi connectivity index (χ2n) is 4.64. The van der Waals surface area contributed by atoms with Gasteiger partial charge in [0, 0.05) is 17.8 Å². The Bertz CT molecular complexity index is 655. The molecule has 0 aliphatic heterocycles. The number of alkyl halides is 3. The van der Waals surface area contributed by atoms with Crippen LogP contribution in [0.1, 0.15) is 23.6 Å². The number of benzene rings is 1. The first-order valence-corrected chi connectivity index (χ1v) is 7.70. The summed E-state index contributed by atoms with van der Waals surface area (Å²) in [6.07, 6.45) is -3.21. The van der Waals surface area contributed by atoms with Gasteiger partial charge in [-0.3, -0.25) is 4.21 Å². The molecule has 0 fully saturated rings. The van der Waals surface area contributed by atoms with Crippen molar-refractivity contribution in [3.63, 3.8) is 0 Å². The molecular weight excluding hydrogens is 319 g/mol. The van der Waals surface area contributed by atoms with Gasteiger partial charge in [0.2, 0.25) is 0 Å². The zero-order chi connectivity index (χ0) is 16.3. The molecule has 0 aliphatic carbocycles. The zero-order valence-corrected chi connectivity index (χ0v) is 12.7. The molecule has 0 saturated heterocycles. The maximum atomic E-state index is 12.3. The summed E-state index contributed by atoms with van der Waals surface area (Å²) < 4.78 is 54.0. The lowest BCUT2D eigenvalue weighted by molar-refractivity contribution is -0.274. The van der Waals surface area contributed by atoms with E-state index in [0.717, 1.165) is 0 Å². The van der Waals surface area contributed by atoms with E-state index < -0.39 is 17.2 Å². The van der Waals surface area contributed by atoms with Crippen LogP contribution in [-0.2, 0) is 23.6 Å². The number of halogens is 3. The minimum atomic E-state index is -4.72. The van der Waals surface area contributed by atoms with Crippen LogP contribution in [0.15, 0.2) is 30.6 Å². The summed E-state index contributed by atoms with van der Waals surface area (Å²) in [5.41, 5.74) is 0.662. The Morgan fingerprint density at radius 1 is 1.32 bits per heavy atom. The lowest BCUT2D eigenvalue weighted by Crippen LogP contribution is -2.17. The van der Waals surface area contributed by atoms with Crippen LogP contribution in [0.5, 0.6) is 5.75 Å². The maximum Gasteiger partial charge on any atom is 0.573 e. The fourth-order valence-electron chi connectivity index (χ4n) is 1.78. The van der Waals surface area contributed by atoms with E-state index in [-0.39, 0.29) is 16.8 Å². The molecule has 2 unspecified atom stereocenters. The minimum absolute atomic E-state index is 0.221. The van der Waals surface area contributed by atoms with E-state index in [4.69, 9.17) is 0 Å². The molecule has 2 rings (SSSR count). The van der Waals surface area contributed by atoms with E-state index in [0.29, 0.717) is 11.4 Å². The number of aromatic nitrogens is 3. The van der Waals surface area contributed by atoms with Crippen LogP contribution in [0.4, 0.5) is 13.2 Å². The predicted molar refractivity (Wildman–Crippen MR) is 74.4 cm³/mol. The number of aryl methyl sites for hydroxylation is 1. The Morgan fingerprint density at radius 2 is 1.95 bits per heavy atom. The molecule has 0 amide bonds. The summed E-state index contributed by atoms with van der Waals surface area (Å²) >= 11 is 0. The number of hydrogen-bond acceptors (Lipinski definition) is 4. The summed E-state index contributed by atoms with van der Waals surface area (Å²) in [6.45, 7) is 1.74. The first kappa shape index (κ1) is 16.5. The molecule has 1 aromatic heterocycles. The molecule has 5 nitrogen and oxygen atoms in total. The van der Waals surface area contributed by atoms with Crippen molar-refractivity contribution in [2.45, 2.75) is 24.3 Å². The van der Waals surface area contributed by atoms with Crippen LogP contribution in [0, 0.1) is 0 Å². The molecule has 1 aromatic carbocycles. The van der Waals surface area contributed by atoms with Crippen LogP contribution in [0.25, 0.3) is 0 Å². The SMILES string of the molecule is CC(c1ccc(OC(F)(F)F)cc1)S(=O)Cc1nncn1C. The van der Waals surface area contributed by atoms with Crippen molar-refractivity contribution in [3.8, 4) is 5.75 Å². The van der Waals surface area contributed by atoms with Crippen molar-refractivity contribution in [1.29, 1.82) is 0 Å². The molecule has 2 atom stereocenters. The van der Waals surface area contributed by atoms with Gasteiger partial charge in [0.1, 0.15) is 17.9 Å². The first-order chi connectivity index (χ1) is 10.3. The highest BCUT2D eigenvalue weighted by Crippen LogP contribution is 2.26. The van der Waals surface area contributed by atoms with E-state index >= 15 is 0 Å². The van der Waals surface area contributed by atoms with Gasteiger partial charge in [-0.05, 0) is 24.6 Å². The average molecular weight is 333 g/mol. The topological polar surface area (TPSA) is 57.0 Å². The quantitative estimate of drug-likeness (QED) is 0.844. The molecule has 0 radical (unpaired) electrons. The van der Waals surface area contributed by atoms with E-state index in [1.165, 1.54) is 30.6 Å². The van der Waals surface area contributed by atoms with E-state index in [2.05, 4.69) is 14.9 Å². The number of nitrogens with zero attached hydrogens (tertiary/aromatic N) is 3. The highest BCUT2D eigenvalue weighted by molar-refractivity contribution is 7.84. The van der Waals surface area contributed by atoms with Crippen molar-refractivity contribution in [3.05, 3.63) is 42.0 Å². The lowest BCUT2D eigenvalue weighted by atomic mass is 10.2. The third-order valence-electron chi connectivity index (χ3n) is 3.05. The lowest BCUT2D eigenvalue weighted by Gasteiger charge is -2.13. The third kappa shape index (κ3) is 4.30. The van der Waals surface area contributed by atoms with Gasteiger partial charge in [-0.25, -0.2) is 0 Å². The fraction of sp³-hybridized carbons (Fsp3) is 0.385. The van der Waals surface area contributed by atoms with Gasteiger partial charge in [-0.1, -0.05) is 12.1 Å². The highest BCUT2D eigenvalue weighted by Gasteiger charge is 2.31. The molecule has 0 spiro atoms. The van der Waals surface area contributed by atoms with Crippen molar-refractivity contribution >= 4 is 10.8 Å². The molecule has 0 saturated carbocycles. The Morgan fingerprint density at radius 3 is 2.45 bits per heavy atom. The molecule has 9 heteroatoms. The van der Waals surface area contributed by atoms with Gasteiger partial charge in [-0.15, -0.1) is 23.4 Å². The van der Waals surface area contributed by atoms with Gasteiger partial charge in [-0.2, -0.15) is 0 Å². The summed E-state index contributed by atoms with van der Waals surface area (Å²) in [6, 6.07) is 5.36. The average Bonchev–Trinajstić information content (AvgIpc) is 2.82. The normalized spacial score (nSPS) is 14.6. The highest BCUT2D eigenvalue weighted by atomic mass is 32.2. The van der Waals surface area contributed by atoms with Crippen molar-refractivity contribution < 1.29 is 22.1 Å². The first-order valence-electron chi connectivity index (χ1n) is 6.32. The van der Waals surface area contributed by atoms with Crippen LogP contribution >= 0.6 is 0 Å². The molecule has 2 aromatic rings. The molecular formula is C13H14F3N3O2S. The zero-order valence-electron chi connectivity index (χ0n) is 11.9. The Balaban J connectivity index is 2.04. The van der Waals surface area contributed by atoms with E-state index in [1.54, 1.807) is 18.5 Å². The number of hydrogen-bond donors (Lipinski definition) is 0. The standard InChI is InChI=1S/C13H14F3N3O2S/c1-9(22(20)7-12-18-17-8-19(12)2)10-3-5-11(6-4-10)21-13(14,15)16/h3-6,8-9H,7H2,1-2H3. The molecule has 1 heterocycles. The van der Waals surface area contributed by atoms with Gasteiger partial charge in [0.15, 0.2) is 0 Å². The van der Waals surface area contributed by atoms with Crippen LogP contribution in [-0.4, -0.2) is 25.3 Å². The van der Waals surface area contributed by atoms with Crippen LogP contribution in [0.3, 0.4) is 0 Å². The summed E-state index contributed by atoms with van der Waals surface area (Å²) in [5, 5.41) is 7.22. The molecule has 22 heavy (non-hydrogen) atoms. The third-order valence-corrected chi connectivity index (χ3v) is 4.66. The number of rotatable bonds is 5. The van der Waals surface area contributed by atoms with Gasteiger partial charge < -0.3 is 9.30 Å². The number of ether oxygens (including phenoxy) is 1. The van der Waals surface area contributed by atoms with Crippen LogP contribution < -0.4 is 4.74 Å². The van der Waals surface area contributed by atoms with E-state index in [1.807, 2.05) is 0 Å². The fourth-order valence-corrected chi connectivity index (χ4v) is 3.01. The van der Waals surface area contributed by atoms with E-state index in [9.17, 15) is 17.4 Å². The summed E-state index contributed by atoms with van der Waals surface area (Å²) in [5.74, 6) is 0.503. The molecule has 0 bridgehead atoms. The summed E-state index contributed by atoms with van der Waals surface area (Å²) in [4.78, 5) is 0. The van der Waals surface area contributed by atoms with Gasteiger partial charge in [0.05, 0.1) is 11.0 Å². The molecule has 120 valence electrons. The van der Waals surface area contributed by atoms with Crippen LogP contribution in [0.2, 0.25) is 0 Å². The molecule has 0 aliphatic rings. The largest absolute Gasteiger partial charge is 0.573 e. The Kier molecular flexibility index (Phi) is 4.84. The Labute approximate surface area is 127 Å². The summed E-state index contributed by atoms with van der Waals surface area (Å²) in [7, 11) is 0.483. The monoisotopic (exact) mass is 333 g/mol. The predicted octanol–water partition coefficient (Wildman–Crippen LogP) is 2.72. The van der Waals surface area contributed by atoms with Crippen molar-refractivity contribution in [2.75, 3.05) is 0 Å². The smallest absolute Gasteiger partial charge is 0.406 e. The second kappa shape index (κ2) is 6.47. The maximum absolute atomic E-state index is 12.3. The second-order valence-corrected chi connectivity index (χ2v) is 6.40. The minimum Gasteiger partial charge on any atom is -0.406 e. The van der Waals surface area contributed by atoms with Crippen molar-refractivity contribution in [1.82, 2.24) is 14.8 Å².